The maximum atomic E-state index is 2.63. The summed E-state index contributed by atoms with van der Waals surface area (Å²) in [6, 6.07) is 61.0. The van der Waals surface area contributed by atoms with E-state index in [0.29, 0.717) is 0 Å². The van der Waals surface area contributed by atoms with Crippen LogP contribution in [0.4, 0.5) is 51.2 Å². The Balaban J connectivity index is 1.24. The lowest BCUT2D eigenvalue weighted by Gasteiger charge is -2.44. The summed E-state index contributed by atoms with van der Waals surface area (Å²) in [6.45, 7) is 27.5. The number of fused-ring (bicyclic) bond motifs is 10. The van der Waals surface area contributed by atoms with E-state index < -0.39 is 0 Å². The van der Waals surface area contributed by atoms with Gasteiger partial charge in [0.25, 0.3) is 6.71 Å². The molecular formula is C65H62BN3S2. The van der Waals surface area contributed by atoms with Gasteiger partial charge in [0, 0.05) is 74.8 Å². The molecule has 12 rings (SSSR count). The summed E-state index contributed by atoms with van der Waals surface area (Å²) in [5.41, 5.74) is 21.3. The van der Waals surface area contributed by atoms with Crippen molar-refractivity contribution < 1.29 is 0 Å². The normalized spacial score (nSPS) is 13.5. The van der Waals surface area contributed by atoms with Crippen LogP contribution in [-0.2, 0) is 16.2 Å². The van der Waals surface area contributed by atoms with Gasteiger partial charge in [-0.05, 0) is 155 Å². The average Bonchev–Trinajstić information content (AvgIpc) is 3.91. The Morgan fingerprint density at radius 2 is 0.930 bits per heavy atom. The van der Waals surface area contributed by atoms with Gasteiger partial charge in [-0.2, -0.15) is 0 Å². The summed E-state index contributed by atoms with van der Waals surface area (Å²) in [4.78, 5) is 7.77. The van der Waals surface area contributed by atoms with Crippen LogP contribution >= 0.6 is 22.7 Å². The zero-order valence-corrected chi connectivity index (χ0v) is 44.9. The predicted octanol–water partition coefficient (Wildman–Crippen LogP) is 17.6. The zero-order chi connectivity index (χ0) is 49.5. The minimum Gasteiger partial charge on any atom is -0.311 e. The highest BCUT2D eigenvalue weighted by Gasteiger charge is 2.47. The lowest BCUT2D eigenvalue weighted by molar-refractivity contribution is 0.590. The van der Waals surface area contributed by atoms with Crippen LogP contribution in [0.15, 0.2) is 158 Å². The fourth-order valence-corrected chi connectivity index (χ4v) is 13.8. The molecule has 352 valence electrons. The molecule has 2 aliphatic heterocycles. The van der Waals surface area contributed by atoms with Crippen LogP contribution in [0.1, 0.15) is 95.7 Å². The van der Waals surface area contributed by atoms with E-state index in [9.17, 15) is 0 Å². The van der Waals surface area contributed by atoms with Gasteiger partial charge in [-0.3, -0.25) is 0 Å². The third-order valence-electron chi connectivity index (χ3n) is 15.1. The van der Waals surface area contributed by atoms with Gasteiger partial charge >= 0.3 is 0 Å². The molecule has 2 aromatic heterocycles. The number of hydrogen-bond donors (Lipinski definition) is 0. The molecule has 0 amide bonds. The molecule has 0 N–H and O–H groups in total. The fourth-order valence-electron chi connectivity index (χ4n) is 11.2. The minimum absolute atomic E-state index is 0.0123. The summed E-state index contributed by atoms with van der Waals surface area (Å²) in [6.07, 6.45) is 0. The number of thiophene rings is 2. The Kier molecular flexibility index (Phi) is 10.4. The molecule has 71 heavy (non-hydrogen) atoms. The van der Waals surface area contributed by atoms with E-state index in [0.717, 1.165) is 17.1 Å². The van der Waals surface area contributed by atoms with Crippen LogP contribution in [0.25, 0.3) is 30.3 Å². The molecule has 3 nitrogen and oxygen atoms in total. The van der Waals surface area contributed by atoms with Crippen molar-refractivity contribution >= 4 is 127 Å². The molecule has 0 fully saturated rings. The minimum atomic E-state index is -0.0342. The van der Waals surface area contributed by atoms with Crippen molar-refractivity contribution in [1.82, 2.24) is 0 Å². The quantitative estimate of drug-likeness (QED) is 0.159. The average molecular weight is 960 g/mol. The van der Waals surface area contributed by atoms with Crippen molar-refractivity contribution in [2.45, 2.75) is 99.3 Å². The number of aryl methyl sites for hydroxylation is 3. The maximum Gasteiger partial charge on any atom is 0.266 e. The van der Waals surface area contributed by atoms with Crippen molar-refractivity contribution in [3.63, 3.8) is 0 Å². The molecule has 0 saturated heterocycles. The molecule has 0 bridgehead atoms. The number of rotatable bonds is 5. The van der Waals surface area contributed by atoms with E-state index in [1.54, 1.807) is 0 Å². The first-order chi connectivity index (χ1) is 33.8. The van der Waals surface area contributed by atoms with Crippen molar-refractivity contribution in [2.24, 2.45) is 0 Å². The SMILES string of the molecule is Cc1ccc(N(c2ccc(C)cc2)c2cc3c(c4sc5ccccc5c24)B2c4sc5ccc(C(C)(C)C)cc5c4N(c4ccc(C(C)(C)C)cc4)c4cc(C)cc(c42)N3c2ccc(C(C)(C)C)cc2)cc1. The molecule has 0 radical (unpaired) electrons. The smallest absolute Gasteiger partial charge is 0.266 e. The largest absolute Gasteiger partial charge is 0.311 e. The highest BCUT2D eigenvalue weighted by atomic mass is 32.1. The highest BCUT2D eigenvalue weighted by molar-refractivity contribution is 7.35. The second-order valence-corrected chi connectivity index (χ2v) is 25.5. The molecule has 8 aromatic carbocycles. The van der Waals surface area contributed by atoms with E-state index >= 15 is 0 Å². The van der Waals surface area contributed by atoms with Gasteiger partial charge in [-0.25, -0.2) is 0 Å². The Hall–Kier alpha value is -6.60. The molecule has 0 spiro atoms. The first-order valence-corrected chi connectivity index (χ1v) is 26.9. The van der Waals surface area contributed by atoms with Crippen molar-refractivity contribution in [3.05, 3.63) is 191 Å². The standard InChI is InChI=1S/C65H62BN3S2/c1-39-17-26-45(27-18-39)67(46-28-19-40(2)20-29-46)51-38-54-59(61-57(51)49-15-13-14-16-55(49)70-61)66-58-52(68(54)47-30-21-42(22-31-47)63(4,5)6)35-41(3)36-53(58)69(48-32-23-43(24-33-48)64(7,8)9)60-50-37-44(65(10,11)12)25-34-56(50)71-62(60)66/h13-38H,1-12H3. The van der Waals surface area contributed by atoms with Crippen molar-refractivity contribution in [2.75, 3.05) is 14.7 Å². The van der Waals surface area contributed by atoms with Gasteiger partial charge < -0.3 is 14.7 Å². The van der Waals surface area contributed by atoms with E-state index in [4.69, 9.17) is 0 Å². The summed E-state index contributed by atoms with van der Waals surface area (Å²) in [7, 11) is 0. The predicted molar refractivity (Wildman–Crippen MR) is 314 cm³/mol. The van der Waals surface area contributed by atoms with E-state index in [1.165, 1.54) is 113 Å². The van der Waals surface area contributed by atoms with Gasteiger partial charge in [0.05, 0.1) is 11.4 Å². The first kappa shape index (κ1) is 45.5. The summed E-state index contributed by atoms with van der Waals surface area (Å²) >= 11 is 3.95. The number of anilines is 9. The molecule has 2 aliphatic rings. The van der Waals surface area contributed by atoms with E-state index in [1.807, 2.05) is 22.7 Å². The molecule has 4 heterocycles. The maximum absolute atomic E-state index is 2.63. The topological polar surface area (TPSA) is 9.72 Å². The van der Waals surface area contributed by atoms with Gasteiger partial charge in [-0.1, -0.05) is 146 Å². The van der Waals surface area contributed by atoms with Crippen LogP contribution in [0, 0.1) is 20.8 Å². The van der Waals surface area contributed by atoms with Gasteiger partial charge in [0.1, 0.15) is 0 Å². The Morgan fingerprint density at radius 3 is 1.49 bits per heavy atom. The molecule has 0 aliphatic carbocycles. The lowest BCUT2D eigenvalue weighted by atomic mass is 9.36. The Morgan fingerprint density at radius 1 is 0.437 bits per heavy atom. The van der Waals surface area contributed by atoms with E-state index in [-0.39, 0.29) is 23.0 Å². The van der Waals surface area contributed by atoms with Gasteiger partial charge in [0.15, 0.2) is 0 Å². The van der Waals surface area contributed by atoms with Crippen molar-refractivity contribution in [1.29, 1.82) is 0 Å². The second kappa shape index (κ2) is 16.2. The molecule has 0 unspecified atom stereocenters. The zero-order valence-electron chi connectivity index (χ0n) is 43.2. The summed E-state index contributed by atoms with van der Waals surface area (Å²) in [5.74, 6) is 0. The Bertz CT molecular complexity index is 3680. The molecule has 10 aromatic rings. The van der Waals surface area contributed by atoms with Crippen LogP contribution in [-0.4, -0.2) is 6.71 Å². The first-order valence-electron chi connectivity index (χ1n) is 25.3. The summed E-state index contributed by atoms with van der Waals surface area (Å²) in [5, 5.41) is 3.90. The van der Waals surface area contributed by atoms with Crippen LogP contribution in [0.5, 0.6) is 0 Å². The van der Waals surface area contributed by atoms with E-state index in [2.05, 4.69) is 256 Å². The van der Waals surface area contributed by atoms with Gasteiger partial charge in [0.2, 0.25) is 0 Å². The third-order valence-corrected chi connectivity index (χ3v) is 17.5. The number of benzene rings is 8. The monoisotopic (exact) mass is 959 g/mol. The van der Waals surface area contributed by atoms with Crippen LogP contribution < -0.4 is 30.4 Å². The third kappa shape index (κ3) is 7.43. The molecular weight excluding hydrogens is 898 g/mol. The molecule has 6 heteroatoms. The summed E-state index contributed by atoms with van der Waals surface area (Å²) < 4.78 is 5.35. The Labute approximate surface area is 429 Å². The second-order valence-electron chi connectivity index (χ2n) is 23.3. The number of nitrogens with zero attached hydrogens (tertiary/aromatic N) is 3. The fraction of sp³-hybridized carbons (Fsp3) is 0.231. The van der Waals surface area contributed by atoms with Gasteiger partial charge in [-0.15, -0.1) is 22.7 Å². The van der Waals surface area contributed by atoms with Crippen LogP contribution in [0.2, 0.25) is 0 Å². The molecule has 0 atom stereocenters. The lowest BCUT2D eigenvalue weighted by Crippen LogP contribution is -2.60. The highest BCUT2D eigenvalue weighted by Crippen LogP contribution is 2.53. The number of hydrogen-bond acceptors (Lipinski definition) is 5. The van der Waals surface area contributed by atoms with Crippen LogP contribution in [0.3, 0.4) is 0 Å². The molecule has 0 saturated carbocycles. The van der Waals surface area contributed by atoms with Crippen molar-refractivity contribution in [3.8, 4) is 0 Å².